The highest BCUT2D eigenvalue weighted by atomic mass is 19.1. The zero-order valence-electron chi connectivity index (χ0n) is 16.5. The molecule has 1 amide bonds. The lowest BCUT2D eigenvalue weighted by atomic mass is 9.74. The molecule has 1 N–H and O–H groups in total. The van der Waals surface area contributed by atoms with E-state index in [-0.39, 0.29) is 23.2 Å². The number of nitrogens with zero attached hydrogens (tertiary/aromatic N) is 4. The van der Waals surface area contributed by atoms with Crippen molar-refractivity contribution in [2.45, 2.75) is 39.7 Å². The quantitative estimate of drug-likeness (QED) is 0.755. The van der Waals surface area contributed by atoms with E-state index in [4.69, 9.17) is 0 Å². The van der Waals surface area contributed by atoms with Gasteiger partial charge >= 0.3 is 0 Å². The molecule has 1 aliphatic rings. The number of carbonyl (C=O) groups is 1. The Bertz CT molecular complexity index is 1050. The van der Waals surface area contributed by atoms with Crippen LogP contribution in [0.2, 0.25) is 0 Å². The Balaban J connectivity index is 1.70. The van der Waals surface area contributed by atoms with Crippen LogP contribution >= 0.6 is 0 Å². The van der Waals surface area contributed by atoms with E-state index in [0.717, 1.165) is 29.8 Å². The van der Waals surface area contributed by atoms with Crippen LogP contribution in [-0.2, 0) is 13.5 Å². The molecule has 1 atom stereocenters. The number of carbonyl (C=O) groups excluding carboxylic acids is 1. The summed E-state index contributed by atoms with van der Waals surface area (Å²) in [6.07, 6.45) is 3.39. The van der Waals surface area contributed by atoms with Crippen molar-refractivity contribution in [1.82, 2.24) is 24.9 Å². The van der Waals surface area contributed by atoms with Crippen LogP contribution < -0.4 is 5.32 Å². The highest BCUT2D eigenvalue weighted by molar-refractivity contribution is 5.93. The topological polar surface area (TPSA) is 64.7 Å². The molecule has 0 saturated heterocycles. The summed E-state index contributed by atoms with van der Waals surface area (Å²) in [4.78, 5) is 12.8. The highest BCUT2D eigenvalue weighted by Crippen LogP contribution is 2.41. The predicted molar refractivity (Wildman–Crippen MR) is 104 cm³/mol. The fourth-order valence-corrected chi connectivity index (χ4v) is 4.06. The average Bonchev–Trinajstić information content (AvgIpc) is 3.16. The Morgan fingerprint density at radius 1 is 1.32 bits per heavy atom. The fraction of sp³-hybridized carbons (Fsp3) is 0.381. The lowest BCUT2D eigenvalue weighted by Gasteiger charge is -2.36. The molecule has 0 saturated carbocycles. The van der Waals surface area contributed by atoms with Gasteiger partial charge in [0, 0.05) is 12.6 Å². The molecule has 1 aromatic carbocycles. The van der Waals surface area contributed by atoms with E-state index in [2.05, 4.69) is 29.4 Å². The van der Waals surface area contributed by atoms with Crippen LogP contribution in [0.15, 0.2) is 36.5 Å². The summed E-state index contributed by atoms with van der Waals surface area (Å²) in [5, 5.41) is 11.9. The number of nitrogens with one attached hydrogen (secondary N) is 1. The third kappa shape index (κ3) is 3.32. The van der Waals surface area contributed by atoms with Crippen molar-refractivity contribution in [1.29, 1.82) is 0 Å². The molecule has 2 heterocycles. The molecule has 0 unspecified atom stereocenters. The van der Waals surface area contributed by atoms with E-state index in [1.165, 1.54) is 12.1 Å². The molecule has 0 radical (unpaired) electrons. The molecular formula is C21H24FN5O. The first kappa shape index (κ1) is 18.4. The minimum absolute atomic E-state index is 0.0293. The molecule has 2 aromatic heterocycles. The Labute approximate surface area is 163 Å². The van der Waals surface area contributed by atoms with Gasteiger partial charge in [0.05, 0.1) is 29.3 Å². The third-order valence-electron chi connectivity index (χ3n) is 5.27. The SMILES string of the molecule is Cc1cc(C(=O)N[C@H]2CC(C)(C)Cc3c2cnn3-c2cccc(F)c2)n(C)n1. The lowest BCUT2D eigenvalue weighted by molar-refractivity contribution is 0.0909. The second-order valence-electron chi connectivity index (χ2n) is 8.30. The van der Waals surface area contributed by atoms with E-state index in [9.17, 15) is 9.18 Å². The fourth-order valence-electron chi connectivity index (χ4n) is 4.06. The van der Waals surface area contributed by atoms with Gasteiger partial charge in [-0.1, -0.05) is 19.9 Å². The lowest BCUT2D eigenvalue weighted by Crippen LogP contribution is -2.37. The van der Waals surface area contributed by atoms with Crippen LogP contribution in [0.4, 0.5) is 4.39 Å². The zero-order valence-corrected chi connectivity index (χ0v) is 16.5. The number of rotatable bonds is 3. The second kappa shape index (κ2) is 6.58. The van der Waals surface area contributed by atoms with E-state index in [1.54, 1.807) is 34.7 Å². The van der Waals surface area contributed by atoms with Crippen molar-refractivity contribution in [2.24, 2.45) is 12.5 Å². The number of halogens is 1. The van der Waals surface area contributed by atoms with Gasteiger partial charge in [-0.05, 0) is 49.4 Å². The highest BCUT2D eigenvalue weighted by Gasteiger charge is 2.36. The summed E-state index contributed by atoms with van der Waals surface area (Å²) in [6, 6.07) is 8.02. The molecule has 4 rings (SSSR count). The molecule has 0 fully saturated rings. The maximum atomic E-state index is 13.7. The first-order valence-electron chi connectivity index (χ1n) is 9.38. The number of aromatic nitrogens is 4. The van der Waals surface area contributed by atoms with E-state index in [1.807, 2.05) is 13.0 Å². The minimum Gasteiger partial charge on any atom is -0.344 e. The zero-order chi connectivity index (χ0) is 20.1. The van der Waals surface area contributed by atoms with Crippen molar-refractivity contribution < 1.29 is 9.18 Å². The van der Waals surface area contributed by atoms with Gasteiger partial charge in [-0.15, -0.1) is 0 Å². The molecule has 1 aliphatic carbocycles. The molecule has 0 aliphatic heterocycles. The second-order valence-corrected chi connectivity index (χ2v) is 8.30. The first-order chi connectivity index (χ1) is 13.2. The molecule has 3 aromatic rings. The molecule has 146 valence electrons. The van der Waals surface area contributed by atoms with E-state index < -0.39 is 0 Å². The van der Waals surface area contributed by atoms with Gasteiger partial charge in [0.2, 0.25) is 0 Å². The van der Waals surface area contributed by atoms with Crippen LogP contribution in [0.3, 0.4) is 0 Å². The third-order valence-corrected chi connectivity index (χ3v) is 5.27. The summed E-state index contributed by atoms with van der Waals surface area (Å²) in [6.45, 7) is 6.21. The average molecular weight is 381 g/mol. The van der Waals surface area contributed by atoms with Gasteiger partial charge in [-0.2, -0.15) is 10.2 Å². The minimum atomic E-state index is -0.298. The van der Waals surface area contributed by atoms with Gasteiger partial charge in [0.25, 0.3) is 5.91 Å². The summed E-state index contributed by atoms with van der Waals surface area (Å²) < 4.78 is 17.1. The van der Waals surface area contributed by atoms with Gasteiger partial charge in [-0.25, -0.2) is 9.07 Å². The van der Waals surface area contributed by atoms with Crippen molar-refractivity contribution in [3.05, 3.63) is 65.0 Å². The van der Waals surface area contributed by atoms with Gasteiger partial charge < -0.3 is 5.32 Å². The molecule has 0 spiro atoms. The summed E-state index contributed by atoms with van der Waals surface area (Å²) in [5.41, 5.74) is 3.98. The van der Waals surface area contributed by atoms with Crippen LogP contribution in [0.1, 0.15) is 53.7 Å². The van der Waals surface area contributed by atoms with Crippen molar-refractivity contribution in [2.75, 3.05) is 0 Å². The smallest absolute Gasteiger partial charge is 0.270 e. The Morgan fingerprint density at radius 2 is 2.11 bits per heavy atom. The molecule has 28 heavy (non-hydrogen) atoms. The number of benzene rings is 1. The predicted octanol–water partition coefficient (Wildman–Crippen LogP) is 3.50. The molecular weight excluding hydrogens is 357 g/mol. The Morgan fingerprint density at radius 3 is 2.79 bits per heavy atom. The molecule has 0 bridgehead atoms. The summed E-state index contributed by atoms with van der Waals surface area (Å²) in [5.74, 6) is -0.455. The Kier molecular flexibility index (Phi) is 4.33. The monoisotopic (exact) mass is 381 g/mol. The van der Waals surface area contributed by atoms with Gasteiger partial charge in [0.15, 0.2) is 0 Å². The molecule has 7 heteroatoms. The number of fused-ring (bicyclic) bond motifs is 1. The summed E-state index contributed by atoms with van der Waals surface area (Å²) in [7, 11) is 1.76. The van der Waals surface area contributed by atoms with Crippen molar-refractivity contribution in [3.8, 4) is 5.69 Å². The van der Waals surface area contributed by atoms with Crippen LogP contribution in [0.5, 0.6) is 0 Å². The maximum Gasteiger partial charge on any atom is 0.270 e. The normalized spacial score (nSPS) is 18.0. The maximum absolute atomic E-state index is 13.7. The van der Waals surface area contributed by atoms with Crippen molar-refractivity contribution >= 4 is 5.91 Å². The van der Waals surface area contributed by atoms with Crippen LogP contribution in [-0.4, -0.2) is 25.5 Å². The van der Waals surface area contributed by atoms with E-state index in [0.29, 0.717) is 11.4 Å². The number of hydrogen-bond acceptors (Lipinski definition) is 3. The van der Waals surface area contributed by atoms with E-state index >= 15 is 0 Å². The number of hydrogen-bond donors (Lipinski definition) is 1. The standard InChI is InChI=1S/C21H24FN5O/c1-13-8-18(26(4)25-13)20(28)24-17-10-21(2,3)11-19-16(17)12-23-27(19)15-7-5-6-14(22)9-15/h5-9,12,17H,10-11H2,1-4H3,(H,24,28)/t17-/m0/s1. The van der Waals surface area contributed by atoms with Crippen LogP contribution in [0.25, 0.3) is 5.69 Å². The first-order valence-corrected chi connectivity index (χ1v) is 9.38. The molecule has 6 nitrogen and oxygen atoms in total. The number of amides is 1. The van der Waals surface area contributed by atoms with Crippen molar-refractivity contribution in [3.63, 3.8) is 0 Å². The summed E-state index contributed by atoms with van der Waals surface area (Å²) >= 11 is 0. The largest absolute Gasteiger partial charge is 0.344 e. The van der Waals surface area contributed by atoms with Crippen LogP contribution in [0, 0.1) is 18.2 Å². The van der Waals surface area contributed by atoms with Gasteiger partial charge in [-0.3, -0.25) is 9.48 Å². The number of aryl methyl sites for hydroxylation is 2. The Hall–Kier alpha value is -2.96. The van der Waals surface area contributed by atoms with Gasteiger partial charge in [0.1, 0.15) is 11.5 Å².